The highest BCUT2D eigenvalue weighted by molar-refractivity contribution is 5.98. The number of anilines is 1. The molecule has 4 aromatic rings. The van der Waals surface area contributed by atoms with E-state index in [1.54, 1.807) is 57.3 Å². The fourth-order valence-corrected chi connectivity index (χ4v) is 5.13. The van der Waals surface area contributed by atoms with Gasteiger partial charge in [0.05, 0.1) is 26.1 Å². The molecule has 11 nitrogen and oxygen atoms in total. The van der Waals surface area contributed by atoms with Crippen LogP contribution in [0.15, 0.2) is 79.0 Å². The molecule has 1 heterocycles. The van der Waals surface area contributed by atoms with Gasteiger partial charge in [-0.2, -0.15) is 0 Å². The molecule has 0 saturated carbocycles. The van der Waals surface area contributed by atoms with E-state index < -0.39 is 29.6 Å². The molecule has 0 aliphatic heterocycles. The number of aryl methyl sites for hydroxylation is 1. The number of aromatic nitrogens is 1. The molecular formula is C37H42N4O7. The number of nitrogens with one attached hydrogen (secondary N) is 2. The van der Waals surface area contributed by atoms with Gasteiger partial charge in [0.1, 0.15) is 17.2 Å². The number of ether oxygens (including phenoxy) is 2. The number of hydrogen-bond acceptors (Lipinski definition) is 8. The van der Waals surface area contributed by atoms with Gasteiger partial charge in [-0.1, -0.05) is 48.5 Å². The molecule has 48 heavy (non-hydrogen) atoms. The molecule has 3 N–H and O–H groups in total. The average Bonchev–Trinajstić information content (AvgIpc) is 3.04. The maximum Gasteiger partial charge on any atom is 0.416 e. The van der Waals surface area contributed by atoms with Crippen LogP contribution in [0.5, 0.6) is 5.75 Å². The van der Waals surface area contributed by atoms with Crippen molar-refractivity contribution in [3.63, 3.8) is 0 Å². The summed E-state index contributed by atoms with van der Waals surface area (Å²) in [5.41, 5.74) is 2.57. The third kappa shape index (κ3) is 10.0. The first-order valence-corrected chi connectivity index (χ1v) is 15.7. The normalized spacial score (nSPS) is 11.8. The summed E-state index contributed by atoms with van der Waals surface area (Å²) in [7, 11) is 1.27. The lowest BCUT2D eigenvalue weighted by atomic mass is 9.95. The van der Waals surface area contributed by atoms with E-state index in [0.29, 0.717) is 17.8 Å². The van der Waals surface area contributed by atoms with Crippen molar-refractivity contribution in [1.82, 2.24) is 15.6 Å². The molecule has 0 unspecified atom stereocenters. The number of hydrogen-bond donors (Lipinski definition) is 3. The van der Waals surface area contributed by atoms with Crippen LogP contribution >= 0.6 is 0 Å². The van der Waals surface area contributed by atoms with Crippen LogP contribution in [0.1, 0.15) is 57.2 Å². The number of rotatable bonds is 12. The van der Waals surface area contributed by atoms with Crippen molar-refractivity contribution in [2.24, 2.45) is 0 Å². The molecule has 0 fully saturated rings. The number of carbonyl (C=O) groups is 4. The van der Waals surface area contributed by atoms with E-state index in [-0.39, 0.29) is 37.6 Å². The Balaban J connectivity index is 1.36. The Morgan fingerprint density at radius 3 is 2.38 bits per heavy atom. The first-order valence-electron chi connectivity index (χ1n) is 15.7. The number of phenolic OH excluding ortho intramolecular Hbond substituents is 1. The second-order valence-electron chi connectivity index (χ2n) is 12.4. The second-order valence-corrected chi connectivity index (χ2v) is 12.4. The molecule has 252 valence electrons. The van der Waals surface area contributed by atoms with E-state index in [4.69, 9.17) is 9.47 Å². The largest absolute Gasteiger partial charge is 0.508 e. The smallest absolute Gasteiger partial charge is 0.416 e. The highest BCUT2D eigenvalue weighted by atomic mass is 16.6. The molecular weight excluding hydrogens is 612 g/mol. The molecule has 4 rings (SSSR count). The van der Waals surface area contributed by atoms with Crippen LogP contribution in [0.4, 0.5) is 10.6 Å². The summed E-state index contributed by atoms with van der Waals surface area (Å²) in [6, 6.07) is 21.4. The molecule has 1 aromatic heterocycles. The second kappa shape index (κ2) is 15.9. The number of nitrogens with zero attached hydrogens (tertiary/aromatic N) is 2. The molecule has 1 atom stereocenters. The van der Waals surface area contributed by atoms with E-state index in [1.807, 2.05) is 49.4 Å². The van der Waals surface area contributed by atoms with Gasteiger partial charge in [0, 0.05) is 19.2 Å². The predicted molar refractivity (Wildman–Crippen MR) is 183 cm³/mol. The number of phenols is 1. The van der Waals surface area contributed by atoms with Crippen molar-refractivity contribution in [1.29, 1.82) is 0 Å². The number of carbonyl (C=O) groups excluding carboxylic acids is 4. The highest BCUT2D eigenvalue weighted by Crippen LogP contribution is 2.33. The zero-order valence-corrected chi connectivity index (χ0v) is 27.9. The minimum Gasteiger partial charge on any atom is -0.508 e. The average molecular weight is 655 g/mol. The predicted octanol–water partition coefficient (Wildman–Crippen LogP) is 5.97. The fourth-order valence-electron chi connectivity index (χ4n) is 5.13. The molecule has 11 heteroatoms. The quantitative estimate of drug-likeness (QED) is 0.158. The Bertz CT molecular complexity index is 1770. The third-order valence-corrected chi connectivity index (χ3v) is 7.43. The summed E-state index contributed by atoms with van der Waals surface area (Å²) in [5, 5.41) is 17.6. The minimum absolute atomic E-state index is 0.0508. The maximum absolute atomic E-state index is 12.9. The van der Waals surface area contributed by atoms with Crippen molar-refractivity contribution < 1.29 is 33.8 Å². The van der Waals surface area contributed by atoms with E-state index in [9.17, 15) is 24.3 Å². The van der Waals surface area contributed by atoms with Gasteiger partial charge in [-0.25, -0.2) is 9.78 Å². The molecule has 3 aromatic carbocycles. The van der Waals surface area contributed by atoms with Crippen molar-refractivity contribution in [3.05, 3.63) is 90.1 Å². The SMILES string of the molecule is COC(=O)C[C@H](NC(=O)CNC(=O)CCCN(C(=O)OC(C)(C)C)c1cc(C)ccn1)c1ccc(-c2cc(O)cc3ccccc23)cc1. The van der Waals surface area contributed by atoms with Crippen molar-refractivity contribution >= 4 is 40.5 Å². The van der Waals surface area contributed by atoms with Gasteiger partial charge in [-0.15, -0.1) is 0 Å². The Labute approximate surface area is 280 Å². The van der Waals surface area contributed by atoms with Crippen molar-refractivity contribution in [3.8, 4) is 16.9 Å². The van der Waals surface area contributed by atoms with Crippen molar-refractivity contribution in [2.75, 3.05) is 25.1 Å². The maximum atomic E-state index is 12.9. The van der Waals surface area contributed by atoms with E-state index in [1.165, 1.54) is 12.0 Å². The standard InChI is InChI=1S/C37H42N4O7/c1-24-16-17-38-32(19-24)41(36(46)48-37(2,3)4)18-8-11-33(43)39-23-34(44)40-31(22-35(45)47-5)26-14-12-25(13-15-26)30-21-28(42)20-27-9-6-7-10-29(27)30/h6-7,9-10,12-17,19-21,31,42H,8,11,18,22-23H2,1-5H3,(H,39,43)(H,40,44)/t31-/m0/s1. The monoisotopic (exact) mass is 654 g/mol. The summed E-state index contributed by atoms with van der Waals surface area (Å²) < 4.78 is 10.4. The summed E-state index contributed by atoms with van der Waals surface area (Å²) in [4.78, 5) is 56.4. The zero-order valence-electron chi connectivity index (χ0n) is 27.9. The molecule has 0 aliphatic rings. The van der Waals surface area contributed by atoms with Gasteiger partial charge in [0.15, 0.2) is 0 Å². The Hall–Kier alpha value is -5.45. The van der Waals surface area contributed by atoms with Gasteiger partial charge >= 0.3 is 12.1 Å². The van der Waals surface area contributed by atoms with Crippen LogP contribution in [0, 0.1) is 6.92 Å². The van der Waals surface area contributed by atoms with Gasteiger partial charge in [-0.05, 0) is 91.4 Å². The van der Waals surface area contributed by atoms with Gasteiger partial charge in [0.25, 0.3) is 0 Å². The molecule has 0 saturated heterocycles. The van der Waals surface area contributed by atoms with E-state index in [2.05, 4.69) is 15.6 Å². The molecule has 3 amide bonds. The van der Waals surface area contributed by atoms with Crippen LogP contribution in [-0.2, 0) is 23.9 Å². The van der Waals surface area contributed by atoms with Crippen molar-refractivity contribution in [2.45, 2.75) is 58.6 Å². The number of fused-ring (bicyclic) bond motifs is 1. The number of benzene rings is 3. The topological polar surface area (TPSA) is 147 Å². The third-order valence-electron chi connectivity index (χ3n) is 7.43. The van der Waals surface area contributed by atoms with Gasteiger partial charge in [0.2, 0.25) is 11.8 Å². The first-order chi connectivity index (χ1) is 22.8. The molecule has 0 radical (unpaired) electrons. The minimum atomic E-state index is -0.710. The lowest BCUT2D eigenvalue weighted by Crippen LogP contribution is -2.40. The van der Waals surface area contributed by atoms with Crippen LogP contribution in [0.2, 0.25) is 0 Å². The Morgan fingerprint density at radius 2 is 1.69 bits per heavy atom. The van der Waals surface area contributed by atoms with E-state index >= 15 is 0 Å². The van der Waals surface area contributed by atoms with Crippen LogP contribution in [-0.4, -0.2) is 59.8 Å². The lowest BCUT2D eigenvalue weighted by Gasteiger charge is -2.27. The highest BCUT2D eigenvalue weighted by Gasteiger charge is 2.25. The van der Waals surface area contributed by atoms with Crippen LogP contribution in [0.3, 0.4) is 0 Å². The fraction of sp³-hybridized carbons (Fsp3) is 0.324. The van der Waals surface area contributed by atoms with Gasteiger partial charge in [-0.3, -0.25) is 19.3 Å². The molecule has 0 aliphatic carbocycles. The summed E-state index contributed by atoms with van der Waals surface area (Å²) >= 11 is 0. The molecule has 0 bridgehead atoms. The van der Waals surface area contributed by atoms with Crippen LogP contribution < -0.4 is 15.5 Å². The number of esters is 1. The Kier molecular flexibility index (Phi) is 11.7. The summed E-state index contributed by atoms with van der Waals surface area (Å²) in [5.74, 6) is -0.804. The number of aromatic hydroxyl groups is 1. The summed E-state index contributed by atoms with van der Waals surface area (Å²) in [6.07, 6.45) is 1.27. The zero-order chi connectivity index (χ0) is 34.8. The first kappa shape index (κ1) is 35.4. The van der Waals surface area contributed by atoms with Gasteiger partial charge < -0.3 is 25.2 Å². The molecule has 0 spiro atoms. The number of pyridine rings is 1. The lowest BCUT2D eigenvalue weighted by molar-refractivity contribution is -0.141. The number of methoxy groups -OCH3 is 1. The van der Waals surface area contributed by atoms with E-state index in [0.717, 1.165) is 27.5 Å². The Morgan fingerprint density at radius 1 is 0.958 bits per heavy atom. The summed E-state index contributed by atoms with van der Waals surface area (Å²) in [6.45, 7) is 7.08. The number of amides is 3. The van der Waals surface area contributed by atoms with Crippen LogP contribution in [0.25, 0.3) is 21.9 Å².